The predicted octanol–water partition coefficient (Wildman–Crippen LogP) is 2.78. The zero-order valence-electron chi connectivity index (χ0n) is 14.0. The lowest BCUT2D eigenvalue weighted by atomic mass is 10.1. The van der Waals surface area contributed by atoms with E-state index in [0.29, 0.717) is 21.3 Å². The number of hydrogen-bond acceptors (Lipinski definition) is 4. The number of carbonyl (C=O) groups excluding carboxylic acids is 1. The second-order valence-electron chi connectivity index (χ2n) is 5.82. The minimum Gasteiger partial charge on any atom is -0.350 e. The molecule has 0 unspecified atom stereocenters. The molecule has 0 aliphatic heterocycles. The highest BCUT2D eigenvalue weighted by atomic mass is 32.1. The summed E-state index contributed by atoms with van der Waals surface area (Å²) < 4.78 is 14.8. The fourth-order valence-electron chi connectivity index (χ4n) is 2.45. The van der Waals surface area contributed by atoms with Gasteiger partial charge in [-0.15, -0.1) is 11.3 Å². The van der Waals surface area contributed by atoms with E-state index in [4.69, 9.17) is 0 Å². The van der Waals surface area contributed by atoms with Crippen LogP contribution in [0.3, 0.4) is 0 Å². The van der Waals surface area contributed by atoms with Crippen LogP contribution in [0.1, 0.15) is 22.9 Å². The molecule has 1 amide bonds. The highest BCUT2D eigenvalue weighted by molar-refractivity contribution is 7.18. The number of fused-ring (bicyclic) bond motifs is 1. The van der Waals surface area contributed by atoms with Crippen molar-refractivity contribution in [3.05, 3.63) is 62.8 Å². The van der Waals surface area contributed by atoms with Gasteiger partial charge >= 0.3 is 0 Å². The van der Waals surface area contributed by atoms with Crippen molar-refractivity contribution >= 4 is 27.5 Å². The van der Waals surface area contributed by atoms with Crippen LogP contribution in [-0.2, 0) is 24.3 Å². The molecule has 3 aromatic rings. The third kappa shape index (κ3) is 3.76. The maximum Gasteiger partial charge on any atom is 0.262 e. The number of carbonyl (C=O) groups is 1. The Kier molecular flexibility index (Phi) is 4.94. The van der Waals surface area contributed by atoms with Crippen molar-refractivity contribution in [3.8, 4) is 0 Å². The second-order valence-corrected chi connectivity index (χ2v) is 6.94. The van der Waals surface area contributed by atoms with Crippen LogP contribution in [0.2, 0.25) is 0 Å². The Morgan fingerprint density at radius 1 is 1.36 bits per heavy atom. The normalized spacial score (nSPS) is 11.0. The van der Waals surface area contributed by atoms with Crippen LogP contribution < -0.4 is 10.9 Å². The van der Waals surface area contributed by atoms with Crippen molar-refractivity contribution in [2.24, 2.45) is 0 Å². The molecule has 0 spiro atoms. The molecule has 1 aromatic carbocycles. The number of nitrogens with one attached hydrogen (secondary N) is 1. The fourth-order valence-corrected chi connectivity index (χ4v) is 3.38. The average Bonchev–Trinajstić information content (AvgIpc) is 3.03. The molecule has 0 aliphatic rings. The molecule has 0 fully saturated rings. The summed E-state index contributed by atoms with van der Waals surface area (Å²) in [5.74, 6) is -0.628. The summed E-state index contributed by atoms with van der Waals surface area (Å²) in [7, 11) is 0. The summed E-state index contributed by atoms with van der Waals surface area (Å²) in [6.07, 6.45) is 2.24. The SMILES string of the molecule is CCc1cc2c(=O)n(CC(=O)NCc3ccc(C)c(F)c3)cnc2s1. The molecule has 0 radical (unpaired) electrons. The molecule has 7 heteroatoms. The van der Waals surface area contributed by atoms with Gasteiger partial charge in [0.1, 0.15) is 17.2 Å². The van der Waals surface area contributed by atoms with Gasteiger partial charge in [0.25, 0.3) is 5.56 Å². The Morgan fingerprint density at radius 2 is 2.16 bits per heavy atom. The number of amides is 1. The van der Waals surface area contributed by atoms with Crippen LogP contribution >= 0.6 is 11.3 Å². The van der Waals surface area contributed by atoms with E-state index in [0.717, 1.165) is 11.3 Å². The molecule has 0 atom stereocenters. The minimum atomic E-state index is -0.324. The first-order chi connectivity index (χ1) is 12.0. The van der Waals surface area contributed by atoms with Gasteiger partial charge < -0.3 is 5.32 Å². The number of rotatable bonds is 5. The van der Waals surface area contributed by atoms with Crippen molar-refractivity contribution < 1.29 is 9.18 Å². The summed E-state index contributed by atoms with van der Waals surface area (Å²) in [6.45, 7) is 3.79. The molecule has 1 N–H and O–H groups in total. The van der Waals surface area contributed by atoms with Crippen molar-refractivity contribution in [1.82, 2.24) is 14.9 Å². The molecule has 0 aliphatic carbocycles. The number of thiophene rings is 1. The van der Waals surface area contributed by atoms with Crippen molar-refractivity contribution in [2.75, 3.05) is 0 Å². The van der Waals surface area contributed by atoms with Crippen molar-refractivity contribution in [1.29, 1.82) is 0 Å². The van der Waals surface area contributed by atoms with Crippen LogP contribution in [0.4, 0.5) is 4.39 Å². The van der Waals surface area contributed by atoms with Crippen LogP contribution in [0.5, 0.6) is 0 Å². The van der Waals surface area contributed by atoms with Gasteiger partial charge in [-0.25, -0.2) is 9.37 Å². The van der Waals surface area contributed by atoms with Crippen LogP contribution in [0, 0.1) is 12.7 Å². The number of benzene rings is 1. The molecule has 3 rings (SSSR count). The van der Waals surface area contributed by atoms with E-state index >= 15 is 0 Å². The topological polar surface area (TPSA) is 64.0 Å². The maximum atomic E-state index is 13.5. The Morgan fingerprint density at radius 3 is 2.88 bits per heavy atom. The molecular weight excluding hydrogens is 341 g/mol. The highest BCUT2D eigenvalue weighted by Gasteiger charge is 2.11. The van der Waals surface area contributed by atoms with Crippen LogP contribution in [0.15, 0.2) is 35.4 Å². The Balaban J connectivity index is 1.70. The monoisotopic (exact) mass is 359 g/mol. The molecule has 5 nitrogen and oxygen atoms in total. The zero-order valence-corrected chi connectivity index (χ0v) is 14.8. The van der Waals surface area contributed by atoms with E-state index in [1.807, 2.05) is 13.0 Å². The lowest BCUT2D eigenvalue weighted by molar-refractivity contribution is -0.121. The van der Waals surface area contributed by atoms with Gasteiger partial charge in [0.15, 0.2) is 0 Å². The third-order valence-electron chi connectivity index (χ3n) is 3.96. The summed E-state index contributed by atoms with van der Waals surface area (Å²) >= 11 is 1.49. The zero-order chi connectivity index (χ0) is 18.0. The number of hydrogen-bond donors (Lipinski definition) is 1. The van der Waals surface area contributed by atoms with Gasteiger partial charge in [0.2, 0.25) is 5.91 Å². The van der Waals surface area contributed by atoms with Crippen LogP contribution in [0.25, 0.3) is 10.2 Å². The van der Waals surface area contributed by atoms with Gasteiger partial charge in [-0.3, -0.25) is 14.2 Å². The number of nitrogens with zero attached hydrogens (tertiary/aromatic N) is 2. The smallest absolute Gasteiger partial charge is 0.262 e. The van der Waals surface area contributed by atoms with Gasteiger partial charge in [0.05, 0.1) is 11.7 Å². The van der Waals surface area contributed by atoms with E-state index in [1.165, 1.54) is 28.3 Å². The first-order valence-electron chi connectivity index (χ1n) is 7.97. The van der Waals surface area contributed by atoms with Gasteiger partial charge in [-0.05, 0) is 36.6 Å². The third-order valence-corrected chi connectivity index (χ3v) is 5.14. The quantitative estimate of drug-likeness (QED) is 0.762. The fraction of sp³-hybridized carbons (Fsp3) is 0.278. The maximum absolute atomic E-state index is 13.5. The summed E-state index contributed by atoms with van der Waals surface area (Å²) in [5.41, 5.74) is 1.00. The number of halogens is 1. The second kappa shape index (κ2) is 7.14. The molecule has 25 heavy (non-hydrogen) atoms. The van der Waals surface area contributed by atoms with E-state index in [2.05, 4.69) is 10.3 Å². The van der Waals surface area contributed by atoms with Crippen molar-refractivity contribution in [2.45, 2.75) is 33.4 Å². The Hall–Kier alpha value is -2.54. The number of aromatic nitrogens is 2. The number of aryl methyl sites for hydroxylation is 2. The lowest BCUT2D eigenvalue weighted by Gasteiger charge is -2.08. The predicted molar refractivity (Wildman–Crippen MR) is 96.2 cm³/mol. The largest absolute Gasteiger partial charge is 0.350 e. The Bertz CT molecular complexity index is 994. The Labute approximate surface area is 148 Å². The highest BCUT2D eigenvalue weighted by Crippen LogP contribution is 2.20. The average molecular weight is 359 g/mol. The molecular formula is C18H18FN3O2S. The summed E-state index contributed by atoms with van der Waals surface area (Å²) in [6, 6.07) is 6.66. The van der Waals surface area contributed by atoms with E-state index in [-0.39, 0.29) is 30.4 Å². The van der Waals surface area contributed by atoms with Crippen LogP contribution in [-0.4, -0.2) is 15.5 Å². The van der Waals surface area contributed by atoms with Gasteiger partial charge in [-0.1, -0.05) is 19.1 Å². The van der Waals surface area contributed by atoms with Gasteiger partial charge in [0, 0.05) is 11.4 Å². The van der Waals surface area contributed by atoms with E-state index in [9.17, 15) is 14.0 Å². The minimum absolute atomic E-state index is 0.118. The molecule has 0 saturated carbocycles. The first kappa shape index (κ1) is 17.3. The van der Waals surface area contributed by atoms with E-state index < -0.39 is 0 Å². The standard InChI is InChI=1S/C18H18FN3O2S/c1-3-13-7-14-17(25-13)21-10-22(18(14)24)9-16(23)20-8-12-5-4-11(2)15(19)6-12/h4-7,10H,3,8-9H2,1-2H3,(H,20,23). The molecule has 0 saturated heterocycles. The molecule has 0 bridgehead atoms. The first-order valence-corrected chi connectivity index (χ1v) is 8.79. The molecule has 130 valence electrons. The van der Waals surface area contributed by atoms with E-state index in [1.54, 1.807) is 19.1 Å². The summed E-state index contributed by atoms with van der Waals surface area (Å²) in [4.78, 5) is 30.6. The molecule has 2 heterocycles. The van der Waals surface area contributed by atoms with Gasteiger partial charge in [-0.2, -0.15) is 0 Å². The summed E-state index contributed by atoms with van der Waals surface area (Å²) in [5, 5.41) is 3.23. The van der Waals surface area contributed by atoms with Crippen molar-refractivity contribution in [3.63, 3.8) is 0 Å². The molecule has 2 aromatic heterocycles. The lowest BCUT2D eigenvalue weighted by Crippen LogP contribution is -2.32.